The van der Waals surface area contributed by atoms with Crippen LogP contribution in [0.25, 0.3) is 10.9 Å². The second-order valence-corrected chi connectivity index (χ2v) is 15.5. The molecule has 0 radical (unpaired) electrons. The van der Waals surface area contributed by atoms with Gasteiger partial charge in [0.2, 0.25) is 10.0 Å². The van der Waals surface area contributed by atoms with Crippen LogP contribution in [0.4, 0.5) is 0 Å². The van der Waals surface area contributed by atoms with Crippen molar-refractivity contribution in [2.24, 2.45) is 0 Å². The Hall–Kier alpha value is -4.16. The van der Waals surface area contributed by atoms with E-state index in [0.717, 1.165) is 28.0 Å². The van der Waals surface area contributed by atoms with Crippen LogP contribution in [0.3, 0.4) is 0 Å². The van der Waals surface area contributed by atoms with Crippen LogP contribution in [0.2, 0.25) is 5.02 Å². The fourth-order valence-corrected chi connectivity index (χ4v) is 7.76. The van der Waals surface area contributed by atoms with Gasteiger partial charge in [0.05, 0.1) is 22.0 Å². The van der Waals surface area contributed by atoms with Gasteiger partial charge in [0, 0.05) is 41.8 Å². The minimum atomic E-state index is -4.32. The van der Waals surface area contributed by atoms with Gasteiger partial charge in [-0.3, -0.25) is 4.79 Å². The average molecular weight is 694 g/mol. The highest BCUT2D eigenvalue weighted by Gasteiger charge is 2.26. The van der Waals surface area contributed by atoms with Crippen LogP contribution in [0.5, 0.6) is 5.75 Å². The van der Waals surface area contributed by atoms with E-state index in [1.54, 1.807) is 19.1 Å². The molecule has 0 atom stereocenters. The van der Waals surface area contributed by atoms with Gasteiger partial charge in [0.15, 0.2) is 0 Å². The third-order valence-corrected chi connectivity index (χ3v) is 11.7. The summed E-state index contributed by atoms with van der Waals surface area (Å²) in [5.74, 6) is -0.0475. The minimum Gasteiger partial charge on any atom is -0.494 e. The molecule has 0 aliphatic rings. The standard InChI is InChI=1S/C35H36ClN3O6S2/c1-24-21-28(22-25(2)34(24)36)45-20-10-19-39-26(3)33(31-13-8-9-14-32(31)39)35(40)37-46(41,42)29-15-17-30(18-16-29)47(43,44)38(4)23-27-11-6-5-7-12-27/h5-9,11-18,21-22H,10,19-20,23H2,1-4H3,(H,37,40). The van der Waals surface area contributed by atoms with E-state index >= 15 is 0 Å². The lowest BCUT2D eigenvalue weighted by Crippen LogP contribution is -2.31. The summed E-state index contributed by atoms with van der Waals surface area (Å²) in [6.45, 7) is 6.75. The molecule has 1 N–H and O–H groups in total. The van der Waals surface area contributed by atoms with Crippen molar-refractivity contribution >= 4 is 48.5 Å². The van der Waals surface area contributed by atoms with Crippen molar-refractivity contribution in [3.63, 3.8) is 0 Å². The van der Waals surface area contributed by atoms with Gasteiger partial charge < -0.3 is 9.30 Å². The Bertz CT molecular complexity index is 2120. The molecular weight excluding hydrogens is 658 g/mol. The van der Waals surface area contributed by atoms with Crippen LogP contribution in [-0.2, 0) is 33.1 Å². The van der Waals surface area contributed by atoms with Crippen molar-refractivity contribution in [2.45, 2.75) is 50.1 Å². The Balaban J connectivity index is 1.30. The number of benzene rings is 4. The molecule has 1 heterocycles. The first-order chi connectivity index (χ1) is 22.3. The summed E-state index contributed by atoms with van der Waals surface area (Å²) in [6, 6.07) is 25.0. The molecule has 5 rings (SSSR count). The summed E-state index contributed by atoms with van der Waals surface area (Å²) >= 11 is 6.27. The van der Waals surface area contributed by atoms with E-state index in [9.17, 15) is 21.6 Å². The van der Waals surface area contributed by atoms with Gasteiger partial charge in [-0.15, -0.1) is 0 Å². The number of ether oxygens (including phenoxy) is 1. The van der Waals surface area contributed by atoms with E-state index in [-0.39, 0.29) is 21.9 Å². The molecular formula is C35H36ClN3O6S2. The van der Waals surface area contributed by atoms with Crippen molar-refractivity contribution in [3.05, 3.63) is 124 Å². The molecule has 0 fully saturated rings. The van der Waals surface area contributed by atoms with Crippen molar-refractivity contribution in [1.29, 1.82) is 0 Å². The number of sulfonamides is 2. The van der Waals surface area contributed by atoms with Gasteiger partial charge in [-0.1, -0.05) is 60.1 Å². The topological polar surface area (TPSA) is 115 Å². The number of fused-ring (bicyclic) bond motifs is 1. The van der Waals surface area contributed by atoms with Crippen molar-refractivity contribution in [3.8, 4) is 5.75 Å². The number of carbonyl (C=O) groups is 1. The molecule has 4 aromatic carbocycles. The normalized spacial score (nSPS) is 12.0. The van der Waals surface area contributed by atoms with Crippen LogP contribution < -0.4 is 9.46 Å². The van der Waals surface area contributed by atoms with Crippen LogP contribution in [0, 0.1) is 20.8 Å². The number of nitrogens with zero attached hydrogens (tertiary/aromatic N) is 2. The van der Waals surface area contributed by atoms with Gasteiger partial charge in [-0.05, 0) is 86.3 Å². The zero-order chi connectivity index (χ0) is 33.9. The first kappa shape index (κ1) is 34.2. The smallest absolute Gasteiger partial charge is 0.267 e. The van der Waals surface area contributed by atoms with Gasteiger partial charge in [-0.25, -0.2) is 21.6 Å². The second kappa shape index (κ2) is 13.9. The van der Waals surface area contributed by atoms with E-state index in [2.05, 4.69) is 4.72 Å². The van der Waals surface area contributed by atoms with Gasteiger partial charge in [0.25, 0.3) is 15.9 Å². The van der Waals surface area contributed by atoms with Crippen LogP contribution in [0.15, 0.2) is 101 Å². The summed E-state index contributed by atoms with van der Waals surface area (Å²) < 4.78 is 64.1. The molecule has 1 aromatic heterocycles. The van der Waals surface area contributed by atoms with E-state index in [0.29, 0.717) is 35.7 Å². The maximum absolute atomic E-state index is 13.5. The number of nitrogens with one attached hydrogen (secondary N) is 1. The molecule has 0 saturated carbocycles. The van der Waals surface area contributed by atoms with E-state index in [1.807, 2.05) is 73.0 Å². The monoisotopic (exact) mass is 693 g/mol. The molecule has 9 nitrogen and oxygen atoms in total. The molecule has 0 aliphatic carbocycles. The number of aryl methyl sites for hydroxylation is 3. The SMILES string of the molecule is Cc1cc(OCCCn2c(C)c(C(=O)NS(=O)(=O)c3ccc(S(=O)(=O)N(C)Cc4ccccc4)cc3)c3ccccc32)cc(C)c1Cl. The zero-order valence-corrected chi connectivity index (χ0v) is 28.9. The molecule has 0 bridgehead atoms. The van der Waals surface area contributed by atoms with E-state index < -0.39 is 26.0 Å². The second-order valence-electron chi connectivity index (χ2n) is 11.4. The molecule has 47 heavy (non-hydrogen) atoms. The number of hydrogen-bond acceptors (Lipinski definition) is 6. The van der Waals surface area contributed by atoms with Gasteiger partial charge >= 0.3 is 0 Å². The van der Waals surface area contributed by atoms with Crippen LogP contribution in [0.1, 0.15) is 39.2 Å². The lowest BCUT2D eigenvalue weighted by Gasteiger charge is -2.17. The predicted octanol–water partition coefficient (Wildman–Crippen LogP) is 6.63. The number of halogens is 1. The Morgan fingerprint density at radius 3 is 2.11 bits per heavy atom. The maximum atomic E-state index is 13.5. The molecule has 1 amide bonds. The largest absolute Gasteiger partial charge is 0.494 e. The first-order valence-electron chi connectivity index (χ1n) is 14.9. The fourth-order valence-electron chi connectivity index (χ4n) is 5.54. The summed E-state index contributed by atoms with van der Waals surface area (Å²) in [5.41, 5.74) is 4.34. The molecule has 5 aromatic rings. The third kappa shape index (κ3) is 7.38. The number of para-hydroxylation sites is 1. The lowest BCUT2D eigenvalue weighted by molar-refractivity contribution is 0.0982. The lowest BCUT2D eigenvalue weighted by atomic mass is 10.1. The van der Waals surface area contributed by atoms with Crippen molar-refractivity contribution in [2.75, 3.05) is 13.7 Å². The molecule has 0 saturated heterocycles. The van der Waals surface area contributed by atoms with Gasteiger partial charge in [-0.2, -0.15) is 4.31 Å². The Morgan fingerprint density at radius 2 is 1.45 bits per heavy atom. The average Bonchev–Trinajstić information content (AvgIpc) is 3.33. The molecule has 0 unspecified atom stereocenters. The minimum absolute atomic E-state index is 0.0644. The van der Waals surface area contributed by atoms with Crippen molar-refractivity contribution in [1.82, 2.24) is 13.6 Å². The maximum Gasteiger partial charge on any atom is 0.267 e. The Morgan fingerprint density at radius 1 is 0.851 bits per heavy atom. The highest BCUT2D eigenvalue weighted by atomic mass is 35.5. The molecule has 246 valence electrons. The van der Waals surface area contributed by atoms with E-state index in [4.69, 9.17) is 16.3 Å². The fraction of sp³-hybridized carbons (Fsp3) is 0.229. The quantitative estimate of drug-likeness (QED) is 0.147. The summed E-state index contributed by atoms with van der Waals surface area (Å²) in [6.07, 6.45) is 0.634. The number of aromatic nitrogens is 1. The summed E-state index contributed by atoms with van der Waals surface area (Å²) in [4.78, 5) is 13.2. The summed E-state index contributed by atoms with van der Waals surface area (Å²) in [5, 5.41) is 1.33. The van der Waals surface area contributed by atoms with E-state index in [1.165, 1.54) is 35.6 Å². The zero-order valence-electron chi connectivity index (χ0n) is 26.5. The van der Waals surface area contributed by atoms with Crippen LogP contribution in [-0.4, -0.2) is 45.3 Å². The molecule has 12 heteroatoms. The third-order valence-electron chi connectivity index (χ3n) is 7.98. The highest BCUT2D eigenvalue weighted by Crippen LogP contribution is 2.28. The number of hydrogen-bond donors (Lipinski definition) is 1. The van der Waals surface area contributed by atoms with Crippen molar-refractivity contribution < 1.29 is 26.4 Å². The Kier molecular flexibility index (Phi) is 10.1. The number of carbonyl (C=O) groups excluding carboxylic acids is 1. The predicted molar refractivity (Wildman–Crippen MR) is 184 cm³/mol. The summed E-state index contributed by atoms with van der Waals surface area (Å²) in [7, 11) is -6.75. The number of rotatable bonds is 12. The molecule has 0 spiro atoms. The van der Waals surface area contributed by atoms with Crippen LogP contribution >= 0.6 is 11.6 Å². The van der Waals surface area contributed by atoms with Gasteiger partial charge in [0.1, 0.15) is 5.75 Å². The highest BCUT2D eigenvalue weighted by molar-refractivity contribution is 7.90. The molecule has 0 aliphatic heterocycles. The first-order valence-corrected chi connectivity index (χ1v) is 18.2. The number of amides is 1. The Labute approximate surface area is 280 Å².